The van der Waals surface area contributed by atoms with Crippen molar-refractivity contribution < 1.29 is 13.2 Å². The molecule has 0 aliphatic rings. The van der Waals surface area contributed by atoms with E-state index in [0.29, 0.717) is 27.7 Å². The lowest BCUT2D eigenvalue weighted by molar-refractivity contribution is -0.137. The quantitative estimate of drug-likeness (QED) is 0.635. The van der Waals surface area contributed by atoms with E-state index in [0.717, 1.165) is 6.07 Å². The fourth-order valence-electron chi connectivity index (χ4n) is 2.38. The molecule has 124 valence electrons. The van der Waals surface area contributed by atoms with Gasteiger partial charge in [0, 0.05) is 22.8 Å². The molecule has 8 heteroatoms. The van der Waals surface area contributed by atoms with Gasteiger partial charge in [-0.2, -0.15) is 13.2 Å². The molecule has 0 fully saturated rings. The molecule has 2 aromatic heterocycles. The molecule has 0 spiro atoms. The van der Waals surface area contributed by atoms with E-state index in [9.17, 15) is 18.0 Å². The van der Waals surface area contributed by atoms with Crippen molar-refractivity contribution in [3.05, 3.63) is 62.0 Å². The standard InChI is InChI=1S/C16H9Cl2F3N2O/c1-7-11(17)3-2-9-13(7)23-6-10(15(9)24)14-12(18)4-8(5-22-14)16(19,20)21/h2-6H,1H3,(H,23,24). The molecule has 1 aromatic carbocycles. The highest BCUT2D eigenvalue weighted by atomic mass is 35.5. The van der Waals surface area contributed by atoms with Crippen molar-refractivity contribution >= 4 is 34.1 Å². The molecule has 3 aromatic rings. The van der Waals surface area contributed by atoms with Gasteiger partial charge in [0.05, 0.1) is 27.4 Å². The molecule has 2 heterocycles. The number of benzene rings is 1. The van der Waals surface area contributed by atoms with Crippen LogP contribution in [0.3, 0.4) is 0 Å². The highest BCUT2D eigenvalue weighted by Crippen LogP contribution is 2.33. The van der Waals surface area contributed by atoms with Crippen LogP contribution in [0, 0.1) is 6.92 Å². The number of nitrogens with one attached hydrogen (secondary N) is 1. The van der Waals surface area contributed by atoms with Crippen LogP contribution >= 0.6 is 23.2 Å². The minimum Gasteiger partial charge on any atom is -0.360 e. The summed E-state index contributed by atoms with van der Waals surface area (Å²) in [5, 5.41) is 0.601. The van der Waals surface area contributed by atoms with Crippen LogP contribution in [0.5, 0.6) is 0 Å². The van der Waals surface area contributed by atoms with Gasteiger partial charge in [-0.1, -0.05) is 23.2 Å². The van der Waals surface area contributed by atoms with E-state index in [4.69, 9.17) is 23.2 Å². The zero-order valence-corrected chi connectivity index (χ0v) is 13.6. The number of hydrogen-bond acceptors (Lipinski definition) is 2. The summed E-state index contributed by atoms with van der Waals surface area (Å²) in [7, 11) is 0. The second kappa shape index (κ2) is 5.79. The van der Waals surface area contributed by atoms with Crippen molar-refractivity contribution in [2.75, 3.05) is 0 Å². The lowest BCUT2D eigenvalue weighted by Crippen LogP contribution is -2.10. The van der Waals surface area contributed by atoms with Crippen molar-refractivity contribution in [2.24, 2.45) is 0 Å². The molecule has 0 atom stereocenters. The number of aryl methyl sites for hydroxylation is 1. The summed E-state index contributed by atoms with van der Waals surface area (Å²) in [5.41, 5.74) is -0.0410. The van der Waals surface area contributed by atoms with Gasteiger partial charge in [0.25, 0.3) is 0 Å². The van der Waals surface area contributed by atoms with Gasteiger partial charge in [-0.25, -0.2) is 0 Å². The summed E-state index contributed by atoms with van der Waals surface area (Å²) in [6, 6.07) is 3.88. The van der Waals surface area contributed by atoms with Gasteiger partial charge < -0.3 is 4.98 Å². The molecule has 0 amide bonds. The first-order chi connectivity index (χ1) is 11.2. The van der Waals surface area contributed by atoms with Crippen LogP contribution in [0.15, 0.2) is 35.4 Å². The number of nitrogens with zero attached hydrogens (tertiary/aromatic N) is 1. The topological polar surface area (TPSA) is 45.8 Å². The molecular weight excluding hydrogens is 364 g/mol. The minimum atomic E-state index is -4.56. The first-order valence-electron chi connectivity index (χ1n) is 6.73. The van der Waals surface area contributed by atoms with Gasteiger partial charge in [0.15, 0.2) is 5.43 Å². The maximum absolute atomic E-state index is 12.7. The molecule has 1 N–H and O–H groups in total. The summed E-state index contributed by atoms with van der Waals surface area (Å²) in [5.74, 6) is 0. The summed E-state index contributed by atoms with van der Waals surface area (Å²) in [6.07, 6.45) is -2.54. The van der Waals surface area contributed by atoms with E-state index in [2.05, 4.69) is 9.97 Å². The summed E-state index contributed by atoms with van der Waals surface area (Å²) in [4.78, 5) is 19.3. The molecular formula is C16H9Cl2F3N2O. The van der Waals surface area contributed by atoms with Gasteiger partial charge >= 0.3 is 6.18 Å². The van der Waals surface area contributed by atoms with E-state index >= 15 is 0 Å². The Morgan fingerprint density at radius 3 is 2.50 bits per heavy atom. The Labute approximate surface area is 144 Å². The molecule has 0 saturated carbocycles. The number of rotatable bonds is 1. The number of fused-ring (bicyclic) bond motifs is 1. The lowest BCUT2D eigenvalue weighted by atomic mass is 10.1. The third kappa shape index (κ3) is 2.76. The van der Waals surface area contributed by atoms with Crippen molar-refractivity contribution in [3.63, 3.8) is 0 Å². The normalized spacial score (nSPS) is 11.9. The second-order valence-corrected chi connectivity index (χ2v) is 5.99. The monoisotopic (exact) mass is 372 g/mol. The van der Waals surface area contributed by atoms with Gasteiger partial charge in [-0.05, 0) is 30.7 Å². The zero-order chi connectivity index (χ0) is 17.6. The van der Waals surface area contributed by atoms with Crippen LogP contribution in [0.2, 0.25) is 10.0 Å². The summed E-state index contributed by atoms with van der Waals surface area (Å²) >= 11 is 11.9. The zero-order valence-electron chi connectivity index (χ0n) is 12.1. The molecule has 24 heavy (non-hydrogen) atoms. The second-order valence-electron chi connectivity index (χ2n) is 5.18. The highest BCUT2D eigenvalue weighted by Gasteiger charge is 2.31. The third-order valence-electron chi connectivity index (χ3n) is 3.67. The van der Waals surface area contributed by atoms with Crippen LogP contribution in [0.25, 0.3) is 22.2 Å². The van der Waals surface area contributed by atoms with Crippen LogP contribution in [-0.4, -0.2) is 9.97 Å². The number of halogens is 5. The lowest BCUT2D eigenvalue weighted by Gasteiger charge is -2.10. The number of pyridine rings is 2. The Hall–Kier alpha value is -2.05. The molecule has 0 bridgehead atoms. The Morgan fingerprint density at radius 1 is 1.17 bits per heavy atom. The van der Waals surface area contributed by atoms with Gasteiger partial charge in [-0.15, -0.1) is 0 Å². The number of H-pyrrole nitrogens is 1. The average Bonchev–Trinajstić information content (AvgIpc) is 2.51. The van der Waals surface area contributed by atoms with Crippen LogP contribution in [-0.2, 0) is 6.18 Å². The van der Waals surface area contributed by atoms with Crippen molar-refractivity contribution in [3.8, 4) is 11.3 Å². The fraction of sp³-hybridized carbons (Fsp3) is 0.125. The highest BCUT2D eigenvalue weighted by molar-refractivity contribution is 6.33. The predicted molar refractivity (Wildman–Crippen MR) is 87.6 cm³/mol. The SMILES string of the molecule is Cc1c(Cl)ccc2c(=O)c(-c3ncc(C(F)(F)F)cc3Cl)c[nH]c12. The molecule has 0 saturated heterocycles. The average molecular weight is 373 g/mol. The maximum Gasteiger partial charge on any atom is 0.417 e. The van der Waals surface area contributed by atoms with Gasteiger partial charge in [0.1, 0.15) is 0 Å². The first-order valence-corrected chi connectivity index (χ1v) is 7.49. The molecule has 3 rings (SSSR count). The maximum atomic E-state index is 12.7. The van der Waals surface area contributed by atoms with Crippen molar-refractivity contribution in [1.29, 1.82) is 0 Å². The van der Waals surface area contributed by atoms with E-state index < -0.39 is 17.2 Å². The van der Waals surface area contributed by atoms with E-state index in [1.165, 1.54) is 6.20 Å². The molecule has 0 radical (unpaired) electrons. The number of hydrogen-bond donors (Lipinski definition) is 1. The number of aromatic nitrogens is 2. The van der Waals surface area contributed by atoms with E-state index in [1.807, 2.05) is 0 Å². The predicted octanol–water partition coefficient (Wildman–Crippen LogP) is 5.22. The molecule has 0 aliphatic heterocycles. The van der Waals surface area contributed by atoms with Gasteiger partial charge in [-0.3, -0.25) is 9.78 Å². The largest absolute Gasteiger partial charge is 0.417 e. The van der Waals surface area contributed by atoms with E-state index in [-0.39, 0.29) is 16.3 Å². The Morgan fingerprint density at radius 2 is 1.88 bits per heavy atom. The molecule has 3 nitrogen and oxygen atoms in total. The first kappa shape index (κ1) is 16.8. The van der Waals surface area contributed by atoms with Crippen LogP contribution in [0.1, 0.15) is 11.1 Å². The third-order valence-corrected chi connectivity index (χ3v) is 4.37. The fourth-order valence-corrected chi connectivity index (χ4v) is 2.81. The van der Waals surface area contributed by atoms with E-state index in [1.54, 1.807) is 19.1 Å². The Bertz CT molecular complexity index is 1010. The van der Waals surface area contributed by atoms with Crippen LogP contribution < -0.4 is 5.43 Å². The Balaban J connectivity index is 2.23. The summed E-state index contributed by atoms with van der Waals surface area (Å²) < 4.78 is 38.1. The van der Waals surface area contributed by atoms with Crippen LogP contribution in [0.4, 0.5) is 13.2 Å². The molecule has 0 unspecified atom stereocenters. The number of alkyl halides is 3. The van der Waals surface area contributed by atoms with Gasteiger partial charge in [0.2, 0.25) is 0 Å². The van der Waals surface area contributed by atoms with Crippen molar-refractivity contribution in [2.45, 2.75) is 13.1 Å². The molecule has 0 aliphatic carbocycles. The van der Waals surface area contributed by atoms with Crippen molar-refractivity contribution in [1.82, 2.24) is 9.97 Å². The number of aromatic amines is 1. The summed E-state index contributed by atoms with van der Waals surface area (Å²) in [6.45, 7) is 1.75. The Kier molecular flexibility index (Phi) is 4.05. The minimum absolute atomic E-state index is 0.0135. The smallest absolute Gasteiger partial charge is 0.360 e.